The molecule has 2 aromatic heterocycles. The van der Waals surface area contributed by atoms with Gasteiger partial charge in [-0.25, -0.2) is 0 Å². The van der Waals surface area contributed by atoms with E-state index in [2.05, 4.69) is 15.9 Å². The molecule has 1 aliphatic heterocycles. The lowest BCUT2D eigenvalue weighted by atomic mass is 10.1. The predicted molar refractivity (Wildman–Crippen MR) is 100 cm³/mol. The Morgan fingerprint density at radius 2 is 1.88 bits per heavy atom. The minimum Gasteiger partial charge on any atom is -0.468 e. The van der Waals surface area contributed by atoms with Gasteiger partial charge in [0.25, 0.3) is 5.56 Å². The van der Waals surface area contributed by atoms with Gasteiger partial charge in [-0.2, -0.15) is 5.26 Å². The van der Waals surface area contributed by atoms with Crippen molar-refractivity contribution < 1.29 is 4.42 Å². The van der Waals surface area contributed by atoms with Gasteiger partial charge in [-0.3, -0.25) is 9.69 Å². The van der Waals surface area contributed by atoms with E-state index in [0.29, 0.717) is 0 Å². The molecule has 1 aromatic carbocycles. The van der Waals surface area contributed by atoms with Crippen LogP contribution in [-0.2, 0) is 13.6 Å². The summed E-state index contributed by atoms with van der Waals surface area (Å²) in [6, 6.07) is 13.8. The molecule has 0 amide bonds. The normalized spacial score (nSPS) is 15.3. The van der Waals surface area contributed by atoms with Crippen LogP contribution >= 0.6 is 0 Å². The summed E-state index contributed by atoms with van der Waals surface area (Å²) < 4.78 is 6.99. The molecule has 0 bridgehead atoms. The van der Waals surface area contributed by atoms with E-state index in [-0.39, 0.29) is 11.1 Å². The monoisotopic (exact) mass is 348 g/mol. The van der Waals surface area contributed by atoms with E-state index in [1.807, 2.05) is 36.4 Å². The number of anilines is 1. The summed E-state index contributed by atoms with van der Waals surface area (Å²) >= 11 is 0. The Morgan fingerprint density at radius 1 is 1.12 bits per heavy atom. The van der Waals surface area contributed by atoms with E-state index in [1.54, 1.807) is 17.9 Å². The standard InChI is InChI=1S/C20H20N4O2/c1-22-18-7-3-2-6-16(18)19(17(13-21)20(22)25)24-10-8-23(9-11-24)14-15-5-4-12-26-15/h2-7,12H,8-11,14H2,1H3. The lowest BCUT2D eigenvalue weighted by Crippen LogP contribution is -2.46. The van der Waals surface area contributed by atoms with Gasteiger partial charge in [-0.05, 0) is 18.2 Å². The molecule has 3 aromatic rings. The van der Waals surface area contributed by atoms with E-state index < -0.39 is 0 Å². The topological polar surface area (TPSA) is 65.4 Å². The maximum Gasteiger partial charge on any atom is 0.270 e. The molecule has 1 fully saturated rings. The van der Waals surface area contributed by atoms with Crippen molar-refractivity contribution in [2.45, 2.75) is 6.54 Å². The van der Waals surface area contributed by atoms with Crippen LogP contribution in [0.5, 0.6) is 0 Å². The Bertz CT molecular complexity index is 1020. The molecule has 0 spiro atoms. The third-order valence-electron chi connectivity index (χ3n) is 5.04. The number of benzene rings is 1. The van der Waals surface area contributed by atoms with Crippen molar-refractivity contribution in [1.82, 2.24) is 9.47 Å². The van der Waals surface area contributed by atoms with Crippen molar-refractivity contribution in [3.8, 4) is 6.07 Å². The molecular formula is C20H20N4O2. The molecular weight excluding hydrogens is 328 g/mol. The molecule has 26 heavy (non-hydrogen) atoms. The average molecular weight is 348 g/mol. The average Bonchev–Trinajstić information content (AvgIpc) is 3.18. The number of pyridine rings is 1. The predicted octanol–water partition coefficient (Wildman–Crippen LogP) is 2.33. The fourth-order valence-electron chi connectivity index (χ4n) is 3.66. The quantitative estimate of drug-likeness (QED) is 0.727. The van der Waals surface area contributed by atoms with Crippen molar-refractivity contribution >= 4 is 16.6 Å². The van der Waals surface area contributed by atoms with E-state index in [0.717, 1.165) is 55.1 Å². The highest BCUT2D eigenvalue weighted by molar-refractivity contribution is 5.94. The van der Waals surface area contributed by atoms with Gasteiger partial charge < -0.3 is 13.9 Å². The molecule has 0 atom stereocenters. The summed E-state index contributed by atoms with van der Waals surface area (Å²) in [7, 11) is 1.72. The van der Waals surface area contributed by atoms with Crippen LogP contribution in [0.1, 0.15) is 11.3 Å². The molecule has 0 radical (unpaired) electrons. The molecule has 3 heterocycles. The SMILES string of the molecule is Cn1c(=O)c(C#N)c(N2CCN(Cc3ccco3)CC2)c2ccccc21. The first-order valence-electron chi connectivity index (χ1n) is 8.70. The van der Waals surface area contributed by atoms with Crippen LogP contribution in [0.15, 0.2) is 51.9 Å². The molecule has 4 rings (SSSR count). The lowest BCUT2D eigenvalue weighted by molar-refractivity contribution is 0.230. The maximum atomic E-state index is 12.6. The van der Waals surface area contributed by atoms with Gasteiger partial charge >= 0.3 is 0 Å². The molecule has 1 saturated heterocycles. The summed E-state index contributed by atoms with van der Waals surface area (Å²) in [6.45, 7) is 4.03. The smallest absolute Gasteiger partial charge is 0.270 e. The summed E-state index contributed by atoms with van der Waals surface area (Å²) in [6.07, 6.45) is 1.69. The highest BCUT2D eigenvalue weighted by atomic mass is 16.3. The van der Waals surface area contributed by atoms with Gasteiger partial charge in [0.1, 0.15) is 17.4 Å². The third kappa shape index (κ3) is 2.76. The van der Waals surface area contributed by atoms with E-state index in [4.69, 9.17) is 4.42 Å². The number of rotatable bonds is 3. The molecule has 0 saturated carbocycles. The summed E-state index contributed by atoms with van der Waals surface area (Å²) in [4.78, 5) is 17.1. The fourth-order valence-corrected chi connectivity index (χ4v) is 3.66. The second-order valence-electron chi connectivity index (χ2n) is 6.56. The number of hydrogen-bond donors (Lipinski definition) is 0. The molecule has 6 nitrogen and oxygen atoms in total. The Labute approximate surface area is 151 Å². The lowest BCUT2D eigenvalue weighted by Gasteiger charge is -2.36. The summed E-state index contributed by atoms with van der Waals surface area (Å²) in [5.74, 6) is 0.954. The van der Waals surface area contributed by atoms with Gasteiger partial charge in [-0.15, -0.1) is 0 Å². The van der Waals surface area contributed by atoms with E-state index >= 15 is 0 Å². The number of nitriles is 1. The first kappa shape index (κ1) is 16.4. The maximum absolute atomic E-state index is 12.6. The Kier molecular flexibility index (Phi) is 4.23. The fraction of sp³-hybridized carbons (Fsp3) is 0.300. The highest BCUT2D eigenvalue weighted by Crippen LogP contribution is 2.29. The van der Waals surface area contributed by atoms with Crippen LogP contribution < -0.4 is 10.5 Å². The van der Waals surface area contributed by atoms with Crippen LogP contribution in [0.25, 0.3) is 10.9 Å². The Morgan fingerprint density at radius 3 is 2.58 bits per heavy atom. The minimum atomic E-state index is -0.237. The second-order valence-corrected chi connectivity index (χ2v) is 6.56. The second kappa shape index (κ2) is 6.70. The number of para-hydroxylation sites is 1. The number of piperazine rings is 1. The summed E-state index contributed by atoms with van der Waals surface area (Å²) in [5.41, 5.74) is 1.61. The molecule has 132 valence electrons. The molecule has 6 heteroatoms. The van der Waals surface area contributed by atoms with Gasteiger partial charge in [-0.1, -0.05) is 18.2 Å². The number of aromatic nitrogens is 1. The molecule has 1 aliphatic rings. The zero-order chi connectivity index (χ0) is 18.1. The van der Waals surface area contributed by atoms with Crippen molar-refractivity contribution in [3.63, 3.8) is 0 Å². The largest absolute Gasteiger partial charge is 0.468 e. The number of hydrogen-bond acceptors (Lipinski definition) is 5. The van der Waals surface area contributed by atoms with Crippen molar-refractivity contribution in [2.75, 3.05) is 31.1 Å². The van der Waals surface area contributed by atoms with Gasteiger partial charge in [0.2, 0.25) is 0 Å². The van der Waals surface area contributed by atoms with Crippen LogP contribution in [0.3, 0.4) is 0 Å². The first-order chi connectivity index (χ1) is 12.7. The third-order valence-corrected chi connectivity index (χ3v) is 5.04. The Balaban J connectivity index is 1.66. The zero-order valence-electron chi connectivity index (χ0n) is 14.7. The van der Waals surface area contributed by atoms with Crippen LogP contribution in [0.4, 0.5) is 5.69 Å². The number of aryl methyl sites for hydroxylation is 1. The molecule has 0 unspecified atom stereocenters. The van der Waals surface area contributed by atoms with Crippen molar-refractivity contribution in [1.29, 1.82) is 5.26 Å². The van der Waals surface area contributed by atoms with Crippen LogP contribution in [0, 0.1) is 11.3 Å². The highest BCUT2D eigenvalue weighted by Gasteiger charge is 2.24. The minimum absolute atomic E-state index is 0.227. The number of nitrogens with zero attached hydrogens (tertiary/aromatic N) is 4. The van der Waals surface area contributed by atoms with E-state index in [1.165, 1.54) is 0 Å². The zero-order valence-corrected chi connectivity index (χ0v) is 14.7. The number of fused-ring (bicyclic) bond motifs is 1. The van der Waals surface area contributed by atoms with Gasteiger partial charge in [0.05, 0.1) is 24.0 Å². The van der Waals surface area contributed by atoms with Crippen LogP contribution in [-0.4, -0.2) is 35.6 Å². The Hall–Kier alpha value is -3.04. The van der Waals surface area contributed by atoms with Crippen molar-refractivity contribution in [3.05, 3.63) is 64.3 Å². The van der Waals surface area contributed by atoms with Crippen LogP contribution in [0.2, 0.25) is 0 Å². The number of furan rings is 1. The van der Waals surface area contributed by atoms with Gasteiger partial charge in [0.15, 0.2) is 0 Å². The molecule has 0 N–H and O–H groups in total. The molecule has 0 aliphatic carbocycles. The first-order valence-corrected chi connectivity index (χ1v) is 8.70. The van der Waals surface area contributed by atoms with Crippen molar-refractivity contribution in [2.24, 2.45) is 7.05 Å². The van der Waals surface area contributed by atoms with Gasteiger partial charge in [0, 0.05) is 38.6 Å². The van der Waals surface area contributed by atoms with E-state index in [9.17, 15) is 10.1 Å². The summed E-state index contributed by atoms with van der Waals surface area (Å²) in [5, 5.41) is 10.6.